The molecule has 1 saturated heterocycles. The second-order valence-electron chi connectivity index (χ2n) is 6.43. The summed E-state index contributed by atoms with van der Waals surface area (Å²) in [6, 6.07) is 9.61. The molecule has 0 aromatic heterocycles. The highest BCUT2D eigenvalue weighted by molar-refractivity contribution is 5.32. The lowest BCUT2D eigenvalue weighted by atomic mass is 9.87. The van der Waals surface area contributed by atoms with Gasteiger partial charge in [0.15, 0.2) is 0 Å². The maximum Gasteiger partial charge on any atom is 0.0323 e. The lowest BCUT2D eigenvalue weighted by molar-refractivity contribution is 0.186. The summed E-state index contributed by atoms with van der Waals surface area (Å²) in [7, 11) is 0. The molecule has 0 amide bonds. The van der Waals surface area contributed by atoms with Gasteiger partial charge in [-0.05, 0) is 75.3 Å². The van der Waals surface area contributed by atoms with Crippen molar-refractivity contribution in [2.45, 2.75) is 45.1 Å². The van der Waals surface area contributed by atoms with E-state index in [4.69, 9.17) is 0 Å². The van der Waals surface area contributed by atoms with Gasteiger partial charge in [-0.2, -0.15) is 0 Å². The highest BCUT2D eigenvalue weighted by Crippen LogP contribution is 2.30. The molecule has 1 aromatic rings. The van der Waals surface area contributed by atoms with E-state index in [9.17, 15) is 0 Å². The average molecular weight is 272 g/mol. The van der Waals surface area contributed by atoms with Gasteiger partial charge in [-0.1, -0.05) is 31.2 Å². The minimum atomic E-state index is 0.601. The lowest BCUT2D eigenvalue weighted by Gasteiger charge is -2.33. The SMILES string of the molecule is CCN1CCC(CNC2CCCc3ccccc32)CC1. The van der Waals surface area contributed by atoms with Crippen molar-refractivity contribution in [2.75, 3.05) is 26.2 Å². The molecule has 1 atom stereocenters. The molecular formula is C18H28N2. The van der Waals surface area contributed by atoms with E-state index in [0.29, 0.717) is 6.04 Å². The molecule has 3 rings (SSSR count). The highest BCUT2D eigenvalue weighted by Gasteiger charge is 2.22. The fraction of sp³-hybridized carbons (Fsp3) is 0.667. The Hall–Kier alpha value is -0.860. The molecule has 0 saturated carbocycles. The van der Waals surface area contributed by atoms with Crippen LogP contribution in [0.5, 0.6) is 0 Å². The van der Waals surface area contributed by atoms with Crippen LogP contribution in [0.15, 0.2) is 24.3 Å². The van der Waals surface area contributed by atoms with Gasteiger partial charge in [0.05, 0.1) is 0 Å². The van der Waals surface area contributed by atoms with Crippen molar-refractivity contribution in [3.05, 3.63) is 35.4 Å². The Balaban J connectivity index is 1.52. The Morgan fingerprint density at radius 3 is 2.75 bits per heavy atom. The highest BCUT2D eigenvalue weighted by atomic mass is 15.1. The summed E-state index contributed by atoms with van der Waals surface area (Å²) in [6.07, 6.45) is 6.65. The molecular weight excluding hydrogens is 244 g/mol. The first kappa shape index (κ1) is 14.1. The molecule has 1 aliphatic heterocycles. The fourth-order valence-electron chi connectivity index (χ4n) is 3.78. The van der Waals surface area contributed by atoms with Crippen molar-refractivity contribution in [1.82, 2.24) is 10.2 Å². The summed E-state index contributed by atoms with van der Waals surface area (Å²) in [6.45, 7) is 7.29. The third-order valence-corrected chi connectivity index (χ3v) is 5.18. The van der Waals surface area contributed by atoms with E-state index in [1.807, 2.05) is 0 Å². The molecule has 2 heteroatoms. The first-order valence-electron chi connectivity index (χ1n) is 8.40. The Bertz CT molecular complexity index is 421. The van der Waals surface area contributed by atoms with Gasteiger partial charge in [-0.25, -0.2) is 0 Å². The predicted octanol–water partition coefficient (Wildman–Crippen LogP) is 3.39. The van der Waals surface area contributed by atoms with Gasteiger partial charge in [0, 0.05) is 6.04 Å². The van der Waals surface area contributed by atoms with Crippen molar-refractivity contribution in [3.8, 4) is 0 Å². The van der Waals surface area contributed by atoms with Gasteiger partial charge < -0.3 is 10.2 Å². The van der Waals surface area contributed by atoms with E-state index in [0.717, 1.165) is 5.92 Å². The molecule has 0 spiro atoms. The second kappa shape index (κ2) is 6.73. The van der Waals surface area contributed by atoms with Crippen LogP contribution in [0.25, 0.3) is 0 Å². The van der Waals surface area contributed by atoms with E-state index in [-0.39, 0.29) is 0 Å². The van der Waals surface area contributed by atoms with Crippen LogP contribution in [0, 0.1) is 5.92 Å². The molecule has 2 nitrogen and oxygen atoms in total. The smallest absolute Gasteiger partial charge is 0.0323 e. The summed E-state index contributed by atoms with van der Waals surface area (Å²) in [4.78, 5) is 2.58. The van der Waals surface area contributed by atoms with Crippen LogP contribution >= 0.6 is 0 Å². The largest absolute Gasteiger partial charge is 0.310 e. The fourth-order valence-corrected chi connectivity index (χ4v) is 3.78. The first-order chi connectivity index (χ1) is 9.86. The summed E-state index contributed by atoms with van der Waals surface area (Å²) in [5, 5.41) is 3.86. The molecule has 1 heterocycles. The Kier molecular flexibility index (Phi) is 4.74. The summed E-state index contributed by atoms with van der Waals surface area (Å²) in [5.74, 6) is 0.881. The lowest BCUT2D eigenvalue weighted by Crippen LogP contribution is -2.38. The predicted molar refractivity (Wildman–Crippen MR) is 85.0 cm³/mol. The van der Waals surface area contributed by atoms with Crippen molar-refractivity contribution < 1.29 is 0 Å². The zero-order chi connectivity index (χ0) is 13.8. The minimum Gasteiger partial charge on any atom is -0.310 e. The molecule has 1 unspecified atom stereocenters. The number of hydrogen-bond donors (Lipinski definition) is 1. The Morgan fingerprint density at radius 1 is 1.15 bits per heavy atom. The number of piperidine rings is 1. The van der Waals surface area contributed by atoms with Crippen LogP contribution in [-0.2, 0) is 6.42 Å². The Labute approximate surface area is 123 Å². The van der Waals surface area contributed by atoms with Gasteiger partial charge in [0.1, 0.15) is 0 Å². The molecule has 0 radical (unpaired) electrons. The van der Waals surface area contributed by atoms with Gasteiger partial charge in [-0.3, -0.25) is 0 Å². The molecule has 0 bridgehead atoms. The number of rotatable bonds is 4. The quantitative estimate of drug-likeness (QED) is 0.904. The van der Waals surface area contributed by atoms with E-state index < -0.39 is 0 Å². The van der Waals surface area contributed by atoms with E-state index in [1.54, 1.807) is 11.1 Å². The van der Waals surface area contributed by atoms with E-state index in [2.05, 4.69) is 41.4 Å². The number of fused-ring (bicyclic) bond motifs is 1. The van der Waals surface area contributed by atoms with Crippen LogP contribution in [0.2, 0.25) is 0 Å². The number of nitrogens with zero attached hydrogens (tertiary/aromatic N) is 1. The van der Waals surface area contributed by atoms with Crippen molar-refractivity contribution in [3.63, 3.8) is 0 Å². The van der Waals surface area contributed by atoms with Crippen LogP contribution in [0.3, 0.4) is 0 Å². The van der Waals surface area contributed by atoms with Crippen molar-refractivity contribution >= 4 is 0 Å². The summed E-state index contributed by atoms with van der Waals surface area (Å²) in [5.41, 5.74) is 3.13. The monoisotopic (exact) mass is 272 g/mol. The molecule has 110 valence electrons. The molecule has 20 heavy (non-hydrogen) atoms. The molecule has 1 aromatic carbocycles. The zero-order valence-corrected chi connectivity index (χ0v) is 12.8. The third-order valence-electron chi connectivity index (χ3n) is 5.18. The summed E-state index contributed by atoms with van der Waals surface area (Å²) >= 11 is 0. The molecule has 2 aliphatic rings. The standard InChI is InChI=1S/C18H28N2/c1-2-20-12-10-15(11-13-20)14-19-18-9-5-7-16-6-3-4-8-17(16)18/h3-4,6,8,15,18-19H,2,5,7,9-14H2,1H3. The second-order valence-corrected chi connectivity index (χ2v) is 6.43. The number of aryl methyl sites for hydroxylation is 1. The van der Waals surface area contributed by atoms with Gasteiger partial charge in [0.25, 0.3) is 0 Å². The maximum absolute atomic E-state index is 3.86. The number of likely N-dealkylation sites (tertiary alicyclic amines) is 1. The minimum absolute atomic E-state index is 0.601. The molecule has 1 N–H and O–H groups in total. The zero-order valence-electron chi connectivity index (χ0n) is 12.8. The average Bonchev–Trinajstić information content (AvgIpc) is 2.53. The number of hydrogen-bond acceptors (Lipinski definition) is 2. The molecule has 1 aliphatic carbocycles. The Morgan fingerprint density at radius 2 is 1.95 bits per heavy atom. The van der Waals surface area contributed by atoms with Gasteiger partial charge in [-0.15, -0.1) is 0 Å². The maximum atomic E-state index is 3.86. The van der Waals surface area contributed by atoms with Crippen molar-refractivity contribution in [2.24, 2.45) is 5.92 Å². The first-order valence-corrected chi connectivity index (χ1v) is 8.40. The third kappa shape index (κ3) is 3.24. The van der Waals surface area contributed by atoms with Crippen LogP contribution < -0.4 is 5.32 Å². The topological polar surface area (TPSA) is 15.3 Å². The van der Waals surface area contributed by atoms with E-state index >= 15 is 0 Å². The van der Waals surface area contributed by atoms with Crippen LogP contribution in [0.1, 0.15) is 49.8 Å². The van der Waals surface area contributed by atoms with Crippen molar-refractivity contribution in [1.29, 1.82) is 0 Å². The van der Waals surface area contributed by atoms with E-state index in [1.165, 1.54) is 58.3 Å². The number of nitrogens with one attached hydrogen (secondary N) is 1. The van der Waals surface area contributed by atoms with Gasteiger partial charge >= 0.3 is 0 Å². The summed E-state index contributed by atoms with van der Waals surface area (Å²) < 4.78 is 0. The van der Waals surface area contributed by atoms with Crippen LogP contribution in [-0.4, -0.2) is 31.1 Å². The number of benzene rings is 1. The van der Waals surface area contributed by atoms with Gasteiger partial charge in [0.2, 0.25) is 0 Å². The van der Waals surface area contributed by atoms with Crippen LogP contribution in [0.4, 0.5) is 0 Å². The molecule has 1 fully saturated rings. The normalized spacial score (nSPS) is 24.6.